The van der Waals surface area contributed by atoms with E-state index < -0.39 is 5.97 Å². The number of carboxylic acid groups (broad SMARTS) is 1. The maximum Gasteiger partial charge on any atom is 0.307 e. The summed E-state index contributed by atoms with van der Waals surface area (Å²) in [6, 6.07) is 6.97. The van der Waals surface area contributed by atoms with Crippen LogP contribution < -0.4 is 10.1 Å². The van der Waals surface area contributed by atoms with Crippen molar-refractivity contribution >= 4 is 33.5 Å². The Morgan fingerprint density at radius 2 is 2.14 bits per heavy atom. The number of nitrogens with one attached hydrogen (secondary N) is 1. The van der Waals surface area contributed by atoms with Gasteiger partial charge >= 0.3 is 5.97 Å². The summed E-state index contributed by atoms with van der Waals surface area (Å²) in [5, 5.41) is 11.7. The molecule has 1 aromatic heterocycles. The van der Waals surface area contributed by atoms with Gasteiger partial charge in [-0.25, -0.2) is 4.98 Å². The molecule has 0 fully saturated rings. The first-order valence-corrected chi connectivity index (χ1v) is 7.04. The van der Waals surface area contributed by atoms with Crippen molar-refractivity contribution in [3.8, 4) is 18.2 Å². The number of ether oxygens (including phenoxy) is 1. The van der Waals surface area contributed by atoms with Crippen LogP contribution in [0.3, 0.4) is 0 Å². The minimum Gasteiger partial charge on any atom is -0.481 e. The number of aromatic nitrogens is 2. The SMILES string of the molecule is C#CCOc1nc(Nc2ccc(CC(=O)O)cc2)ncc1Br. The fourth-order valence-corrected chi connectivity index (χ4v) is 1.94. The molecule has 0 aliphatic carbocycles. The molecule has 2 aromatic rings. The third kappa shape index (κ3) is 4.46. The molecular formula is C15H12BrN3O3. The molecule has 2 rings (SSSR count). The van der Waals surface area contributed by atoms with Crippen molar-refractivity contribution in [1.82, 2.24) is 9.97 Å². The number of aliphatic carboxylic acids is 1. The highest BCUT2D eigenvalue weighted by molar-refractivity contribution is 9.10. The highest BCUT2D eigenvalue weighted by Crippen LogP contribution is 2.24. The number of carboxylic acids is 1. The summed E-state index contributed by atoms with van der Waals surface area (Å²) in [6.07, 6.45) is 6.69. The zero-order valence-electron chi connectivity index (χ0n) is 11.4. The molecule has 2 N–H and O–H groups in total. The molecule has 0 aliphatic rings. The molecule has 0 radical (unpaired) electrons. The Balaban J connectivity index is 2.10. The van der Waals surface area contributed by atoms with Gasteiger partial charge in [-0.1, -0.05) is 18.1 Å². The molecule has 1 heterocycles. The van der Waals surface area contributed by atoms with Crippen LogP contribution >= 0.6 is 15.9 Å². The second kappa shape index (κ2) is 7.43. The standard InChI is InChI=1S/C15H12BrN3O3/c1-2-7-22-14-12(16)9-17-15(19-14)18-11-5-3-10(4-6-11)8-13(20)21/h1,3-6,9H,7-8H2,(H,20,21)(H,17,18,19). The van der Waals surface area contributed by atoms with Gasteiger partial charge in [-0.15, -0.1) is 6.42 Å². The number of halogens is 1. The number of hydrogen-bond acceptors (Lipinski definition) is 5. The fourth-order valence-electron chi connectivity index (χ4n) is 1.63. The average molecular weight is 362 g/mol. The van der Waals surface area contributed by atoms with E-state index in [1.54, 1.807) is 30.5 Å². The Morgan fingerprint density at radius 3 is 2.77 bits per heavy atom. The van der Waals surface area contributed by atoms with E-state index in [0.29, 0.717) is 21.9 Å². The van der Waals surface area contributed by atoms with E-state index in [1.807, 2.05) is 0 Å². The molecule has 0 saturated heterocycles. The van der Waals surface area contributed by atoms with Gasteiger partial charge in [0.1, 0.15) is 0 Å². The Hall–Kier alpha value is -2.59. The molecule has 0 bridgehead atoms. The predicted molar refractivity (Wildman–Crippen MR) is 85.1 cm³/mol. The van der Waals surface area contributed by atoms with Crippen molar-refractivity contribution in [2.75, 3.05) is 11.9 Å². The van der Waals surface area contributed by atoms with Crippen LogP contribution in [0.5, 0.6) is 5.88 Å². The normalized spacial score (nSPS) is 9.82. The molecule has 6 nitrogen and oxygen atoms in total. The molecule has 0 unspecified atom stereocenters. The number of benzene rings is 1. The summed E-state index contributed by atoms with van der Waals surface area (Å²) in [4.78, 5) is 18.9. The maximum absolute atomic E-state index is 10.6. The molecule has 0 aliphatic heterocycles. The van der Waals surface area contributed by atoms with E-state index in [1.165, 1.54) is 0 Å². The Kier molecular flexibility index (Phi) is 5.33. The van der Waals surface area contributed by atoms with Gasteiger partial charge in [-0.3, -0.25) is 4.79 Å². The quantitative estimate of drug-likeness (QED) is 0.769. The number of rotatable bonds is 6. The Labute approximate surface area is 135 Å². The lowest BCUT2D eigenvalue weighted by Gasteiger charge is -2.08. The van der Waals surface area contributed by atoms with Gasteiger partial charge in [-0.2, -0.15) is 4.98 Å². The third-order valence-corrected chi connectivity index (χ3v) is 3.11. The second-order valence-corrected chi connectivity index (χ2v) is 5.09. The summed E-state index contributed by atoms with van der Waals surface area (Å²) in [5.41, 5.74) is 1.45. The lowest BCUT2D eigenvalue weighted by Crippen LogP contribution is -2.03. The van der Waals surface area contributed by atoms with Crippen LogP contribution in [-0.4, -0.2) is 27.7 Å². The minimum atomic E-state index is -0.868. The van der Waals surface area contributed by atoms with E-state index >= 15 is 0 Å². The first-order valence-electron chi connectivity index (χ1n) is 6.25. The van der Waals surface area contributed by atoms with E-state index in [-0.39, 0.29) is 13.0 Å². The number of nitrogens with zero attached hydrogens (tertiary/aromatic N) is 2. The van der Waals surface area contributed by atoms with Crippen LogP contribution in [-0.2, 0) is 11.2 Å². The zero-order chi connectivity index (χ0) is 15.9. The van der Waals surface area contributed by atoms with Gasteiger partial charge in [0.2, 0.25) is 11.8 Å². The van der Waals surface area contributed by atoms with Gasteiger partial charge < -0.3 is 15.2 Å². The van der Waals surface area contributed by atoms with Gasteiger partial charge in [0.25, 0.3) is 0 Å². The Bertz CT molecular complexity index is 711. The van der Waals surface area contributed by atoms with Gasteiger partial charge in [-0.05, 0) is 33.6 Å². The first kappa shape index (κ1) is 15.8. The van der Waals surface area contributed by atoms with E-state index in [9.17, 15) is 4.79 Å². The summed E-state index contributed by atoms with van der Waals surface area (Å²) >= 11 is 3.28. The van der Waals surface area contributed by atoms with Gasteiger partial charge in [0, 0.05) is 5.69 Å². The van der Waals surface area contributed by atoms with Crippen LogP contribution in [0.2, 0.25) is 0 Å². The van der Waals surface area contributed by atoms with E-state index in [4.69, 9.17) is 16.3 Å². The maximum atomic E-state index is 10.6. The summed E-state index contributed by atoms with van der Waals surface area (Å²) in [5.74, 6) is 2.19. The molecule has 0 amide bonds. The van der Waals surface area contributed by atoms with Crippen LogP contribution in [0.4, 0.5) is 11.6 Å². The second-order valence-electron chi connectivity index (χ2n) is 4.23. The topological polar surface area (TPSA) is 84.3 Å². The van der Waals surface area contributed by atoms with Crippen molar-refractivity contribution < 1.29 is 14.6 Å². The molecule has 1 aromatic carbocycles. The predicted octanol–water partition coefficient (Wildman–Crippen LogP) is 2.62. The largest absolute Gasteiger partial charge is 0.481 e. The van der Waals surface area contributed by atoms with Crippen LogP contribution in [0.1, 0.15) is 5.56 Å². The summed E-state index contributed by atoms with van der Waals surface area (Å²) in [7, 11) is 0. The molecule has 0 saturated carbocycles. The number of anilines is 2. The lowest BCUT2D eigenvalue weighted by molar-refractivity contribution is -0.136. The van der Waals surface area contributed by atoms with Crippen molar-refractivity contribution in [2.45, 2.75) is 6.42 Å². The Morgan fingerprint density at radius 1 is 1.41 bits per heavy atom. The first-order chi connectivity index (χ1) is 10.6. The number of terminal acetylenes is 1. The third-order valence-electron chi connectivity index (χ3n) is 2.57. The number of hydrogen-bond donors (Lipinski definition) is 2. The molecule has 22 heavy (non-hydrogen) atoms. The monoisotopic (exact) mass is 361 g/mol. The molecule has 7 heteroatoms. The smallest absolute Gasteiger partial charge is 0.307 e. The highest BCUT2D eigenvalue weighted by Gasteiger charge is 2.07. The van der Waals surface area contributed by atoms with E-state index in [2.05, 4.69) is 37.1 Å². The minimum absolute atomic E-state index is 0.0147. The van der Waals surface area contributed by atoms with Crippen molar-refractivity contribution in [3.63, 3.8) is 0 Å². The van der Waals surface area contributed by atoms with Crippen molar-refractivity contribution in [2.24, 2.45) is 0 Å². The molecule has 0 atom stereocenters. The highest BCUT2D eigenvalue weighted by atomic mass is 79.9. The van der Waals surface area contributed by atoms with Gasteiger partial charge in [0.05, 0.1) is 17.1 Å². The average Bonchev–Trinajstić information content (AvgIpc) is 2.49. The molecular weight excluding hydrogens is 350 g/mol. The zero-order valence-corrected chi connectivity index (χ0v) is 13.0. The van der Waals surface area contributed by atoms with E-state index in [0.717, 1.165) is 5.69 Å². The molecule has 112 valence electrons. The van der Waals surface area contributed by atoms with Crippen molar-refractivity contribution in [3.05, 3.63) is 40.5 Å². The number of carbonyl (C=O) groups is 1. The molecule has 0 spiro atoms. The summed E-state index contributed by atoms with van der Waals surface area (Å²) in [6.45, 7) is 0.110. The van der Waals surface area contributed by atoms with Crippen LogP contribution in [0, 0.1) is 12.3 Å². The van der Waals surface area contributed by atoms with Crippen molar-refractivity contribution in [1.29, 1.82) is 0 Å². The van der Waals surface area contributed by atoms with Crippen LogP contribution in [0.25, 0.3) is 0 Å². The summed E-state index contributed by atoms with van der Waals surface area (Å²) < 4.78 is 5.89. The van der Waals surface area contributed by atoms with Gasteiger partial charge in [0.15, 0.2) is 6.61 Å². The fraction of sp³-hybridized carbons (Fsp3) is 0.133. The lowest BCUT2D eigenvalue weighted by atomic mass is 10.1. The van der Waals surface area contributed by atoms with Crippen LogP contribution in [0.15, 0.2) is 34.9 Å².